The molecule has 18 heavy (non-hydrogen) atoms. The van der Waals surface area contributed by atoms with E-state index in [9.17, 15) is 21.6 Å². The Balaban J connectivity index is 2.54. The van der Waals surface area contributed by atoms with Crippen molar-refractivity contribution in [2.45, 2.75) is 23.5 Å². The molecule has 0 aliphatic carbocycles. The number of hydrogen-bond acceptors (Lipinski definition) is 3. The van der Waals surface area contributed by atoms with Gasteiger partial charge in [-0.15, -0.1) is 0 Å². The van der Waals surface area contributed by atoms with Crippen molar-refractivity contribution < 1.29 is 21.6 Å². The van der Waals surface area contributed by atoms with Crippen molar-refractivity contribution in [3.05, 3.63) is 24.0 Å². The number of sulfone groups is 1. The first kappa shape index (κ1) is 13.2. The van der Waals surface area contributed by atoms with Gasteiger partial charge in [0.25, 0.3) is 0 Å². The van der Waals surface area contributed by atoms with E-state index in [2.05, 4.69) is 0 Å². The molecule has 0 aromatic heterocycles. The molecule has 1 aromatic carbocycles. The van der Waals surface area contributed by atoms with Gasteiger partial charge in [-0.2, -0.15) is 8.78 Å². The van der Waals surface area contributed by atoms with Crippen LogP contribution in [0.2, 0.25) is 0 Å². The summed E-state index contributed by atoms with van der Waals surface area (Å²) in [4.78, 5) is 1.06. The molecule has 1 aromatic rings. The summed E-state index contributed by atoms with van der Waals surface area (Å²) in [6.45, 7) is 1.19. The molecule has 0 amide bonds. The Kier molecular flexibility index (Phi) is 3.52. The Hall–Kier alpha value is -1.24. The number of hydrogen-bond donors (Lipinski definition) is 0. The molecule has 1 saturated heterocycles. The summed E-state index contributed by atoms with van der Waals surface area (Å²) in [6, 6.07) is 2.99. The van der Waals surface area contributed by atoms with Crippen molar-refractivity contribution in [3.63, 3.8) is 0 Å². The fraction of sp³-hybridized carbons (Fsp3) is 0.455. The van der Waals surface area contributed by atoms with Gasteiger partial charge in [0.15, 0.2) is 0 Å². The predicted octanol–water partition coefficient (Wildman–Crippen LogP) is 2.42. The Labute approximate surface area is 103 Å². The van der Waals surface area contributed by atoms with Crippen molar-refractivity contribution in [1.29, 1.82) is 0 Å². The van der Waals surface area contributed by atoms with Crippen LogP contribution in [0.15, 0.2) is 23.1 Å². The highest BCUT2D eigenvalue weighted by atomic mass is 32.2. The lowest BCUT2D eigenvalue weighted by Crippen LogP contribution is -2.22. The number of halogens is 3. The fourth-order valence-electron chi connectivity index (χ4n) is 2.03. The highest BCUT2D eigenvalue weighted by Gasteiger charge is 2.31. The molecule has 100 valence electrons. The Morgan fingerprint density at radius 2 is 1.78 bits per heavy atom. The quantitative estimate of drug-likeness (QED) is 0.852. The molecule has 7 heteroatoms. The van der Waals surface area contributed by atoms with Gasteiger partial charge in [-0.05, 0) is 31.0 Å². The second-order valence-corrected chi connectivity index (χ2v) is 6.00. The minimum Gasteiger partial charge on any atom is -0.370 e. The van der Waals surface area contributed by atoms with E-state index < -0.39 is 26.3 Å². The van der Waals surface area contributed by atoms with E-state index in [1.165, 1.54) is 6.07 Å². The van der Waals surface area contributed by atoms with E-state index in [1.54, 1.807) is 4.90 Å². The van der Waals surface area contributed by atoms with Crippen LogP contribution in [0, 0.1) is 5.82 Å². The van der Waals surface area contributed by atoms with E-state index in [1.807, 2.05) is 0 Å². The SMILES string of the molecule is O=S(=O)(c1cc(F)ccc1N1CCCC1)C(F)F. The second-order valence-electron chi connectivity index (χ2n) is 4.11. The van der Waals surface area contributed by atoms with Gasteiger partial charge in [-0.3, -0.25) is 0 Å². The molecule has 0 saturated carbocycles. The first-order chi connectivity index (χ1) is 8.43. The molecular weight excluding hydrogens is 267 g/mol. The summed E-state index contributed by atoms with van der Waals surface area (Å²) in [5.41, 5.74) is 0.161. The predicted molar refractivity (Wildman–Crippen MR) is 61.0 cm³/mol. The van der Waals surface area contributed by atoms with Crippen LogP contribution in [0.3, 0.4) is 0 Å². The third-order valence-electron chi connectivity index (χ3n) is 2.91. The minimum atomic E-state index is -4.78. The topological polar surface area (TPSA) is 37.4 Å². The average molecular weight is 279 g/mol. The van der Waals surface area contributed by atoms with Crippen molar-refractivity contribution in [2.24, 2.45) is 0 Å². The van der Waals surface area contributed by atoms with Crippen LogP contribution in [-0.2, 0) is 9.84 Å². The van der Waals surface area contributed by atoms with Crippen LogP contribution in [0.4, 0.5) is 18.9 Å². The third-order valence-corrected chi connectivity index (χ3v) is 4.32. The fourth-order valence-corrected chi connectivity index (χ4v) is 2.99. The number of anilines is 1. The summed E-state index contributed by atoms with van der Waals surface area (Å²) < 4.78 is 61.3. The average Bonchev–Trinajstić information content (AvgIpc) is 2.82. The second kappa shape index (κ2) is 4.79. The van der Waals surface area contributed by atoms with Crippen molar-refractivity contribution in [3.8, 4) is 0 Å². The smallest absolute Gasteiger partial charge is 0.341 e. The number of nitrogens with zero attached hydrogens (tertiary/aromatic N) is 1. The zero-order valence-corrected chi connectivity index (χ0v) is 10.3. The molecule has 1 aliphatic heterocycles. The number of alkyl halides is 2. The van der Waals surface area contributed by atoms with Crippen molar-refractivity contribution in [2.75, 3.05) is 18.0 Å². The molecule has 0 unspecified atom stereocenters. The largest absolute Gasteiger partial charge is 0.370 e. The molecule has 3 nitrogen and oxygen atoms in total. The lowest BCUT2D eigenvalue weighted by atomic mass is 10.3. The summed E-state index contributed by atoms with van der Waals surface area (Å²) in [6.07, 6.45) is 1.73. The van der Waals surface area contributed by atoms with Crippen LogP contribution in [0.1, 0.15) is 12.8 Å². The van der Waals surface area contributed by atoms with Crippen molar-refractivity contribution in [1.82, 2.24) is 0 Å². The van der Waals surface area contributed by atoms with Gasteiger partial charge in [-0.25, -0.2) is 12.8 Å². The normalized spacial score (nSPS) is 16.6. The van der Waals surface area contributed by atoms with Crippen LogP contribution in [0.5, 0.6) is 0 Å². The highest BCUT2D eigenvalue weighted by molar-refractivity contribution is 7.91. The third kappa shape index (κ3) is 2.31. The molecule has 0 N–H and O–H groups in total. The Bertz CT molecular complexity index is 539. The van der Waals surface area contributed by atoms with Gasteiger partial charge >= 0.3 is 5.76 Å². The molecule has 1 aliphatic rings. The van der Waals surface area contributed by atoms with E-state index in [0.717, 1.165) is 18.9 Å². The summed E-state index contributed by atoms with van der Waals surface area (Å²) in [5, 5.41) is 0. The monoisotopic (exact) mass is 279 g/mol. The van der Waals surface area contributed by atoms with Crippen LogP contribution >= 0.6 is 0 Å². The van der Waals surface area contributed by atoms with Crippen LogP contribution < -0.4 is 4.90 Å². The zero-order chi connectivity index (χ0) is 13.3. The summed E-state index contributed by atoms with van der Waals surface area (Å²) in [7, 11) is -4.78. The van der Waals surface area contributed by atoms with Gasteiger partial charge in [0, 0.05) is 13.1 Å². The molecular formula is C11H12F3NO2S. The Morgan fingerprint density at radius 1 is 1.17 bits per heavy atom. The van der Waals surface area contributed by atoms with Gasteiger partial charge < -0.3 is 4.90 Å². The molecule has 1 heterocycles. The highest BCUT2D eigenvalue weighted by Crippen LogP contribution is 2.31. The van der Waals surface area contributed by atoms with Gasteiger partial charge in [0.1, 0.15) is 5.82 Å². The van der Waals surface area contributed by atoms with E-state index in [-0.39, 0.29) is 5.69 Å². The van der Waals surface area contributed by atoms with Crippen molar-refractivity contribution >= 4 is 15.5 Å². The van der Waals surface area contributed by atoms with Gasteiger partial charge in [-0.1, -0.05) is 0 Å². The molecule has 0 bridgehead atoms. The number of benzene rings is 1. The lowest BCUT2D eigenvalue weighted by Gasteiger charge is -2.21. The summed E-state index contributed by atoms with van der Waals surface area (Å²) in [5.74, 6) is -4.38. The van der Waals surface area contributed by atoms with E-state index >= 15 is 0 Å². The van der Waals surface area contributed by atoms with Gasteiger partial charge in [0.05, 0.1) is 10.6 Å². The molecule has 2 rings (SSSR count). The number of rotatable bonds is 3. The molecule has 1 fully saturated rings. The van der Waals surface area contributed by atoms with E-state index in [4.69, 9.17) is 0 Å². The first-order valence-electron chi connectivity index (χ1n) is 5.49. The molecule has 0 radical (unpaired) electrons. The maximum atomic E-state index is 13.1. The Morgan fingerprint density at radius 3 is 2.33 bits per heavy atom. The minimum absolute atomic E-state index is 0.161. The molecule has 0 atom stereocenters. The summed E-state index contributed by atoms with van der Waals surface area (Å²) >= 11 is 0. The van der Waals surface area contributed by atoms with Crippen LogP contribution in [-0.4, -0.2) is 27.3 Å². The van der Waals surface area contributed by atoms with Gasteiger partial charge in [0.2, 0.25) is 9.84 Å². The maximum Gasteiger partial charge on any atom is 0.341 e. The standard InChI is InChI=1S/C11H12F3NO2S/c12-8-3-4-9(15-5-1-2-6-15)10(7-8)18(16,17)11(13)14/h3-4,7,11H,1-2,5-6H2. The first-order valence-corrected chi connectivity index (χ1v) is 7.04. The van der Waals surface area contributed by atoms with Crippen LogP contribution in [0.25, 0.3) is 0 Å². The molecule has 0 spiro atoms. The maximum absolute atomic E-state index is 13.1. The van der Waals surface area contributed by atoms with E-state index in [0.29, 0.717) is 19.2 Å². The lowest BCUT2D eigenvalue weighted by molar-refractivity contribution is 0.234. The zero-order valence-electron chi connectivity index (χ0n) is 9.44.